The Balaban J connectivity index is 1.81. The maximum atomic E-state index is 12.4. The molecule has 2 aromatic rings. The van der Waals surface area contributed by atoms with Crippen molar-refractivity contribution in [1.82, 2.24) is 0 Å². The molecule has 21 heavy (non-hydrogen) atoms. The number of hydrogen-bond donors (Lipinski definition) is 2. The number of aryl methyl sites for hydroxylation is 1. The van der Waals surface area contributed by atoms with E-state index in [2.05, 4.69) is 16.7 Å². The smallest absolute Gasteiger partial charge is 0.259 e. The molecule has 2 aromatic carbocycles. The normalized spacial score (nSPS) is 13.0. The molecule has 4 nitrogen and oxygen atoms in total. The van der Waals surface area contributed by atoms with Gasteiger partial charge in [0, 0.05) is 17.9 Å². The summed E-state index contributed by atoms with van der Waals surface area (Å²) in [7, 11) is 1.56. The lowest BCUT2D eigenvalue weighted by atomic mass is 10.0. The third kappa shape index (κ3) is 2.84. The van der Waals surface area contributed by atoms with Gasteiger partial charge in [0.15, 0.2) is 0 Å². The molecule has 4 heteroatoms. The fraction of sp³-hybridized carbons (Fsp3) is 0.235. The summed E-state index contributed by atoms with van der Waals surface area (Å²) in [6.07, 6.45) is 2.24. The number of ether oxygens (including phenoxy) is 1. The molecule has 0 radical (unpaired) electrons. The molecule has 2 N–H and O–H groups in total. The van der Waals surface area contributed by atoms with Gasteiger partial charge >= 0.3 is 0 Å². The number of rotatable bonds is 3. The Hall–Kier alpha value is -2.49. The van der Waals surface area contributed by atoms with E-state index in [0.29, 0.717) is 11.3 Å². The Morgan fingerprint density at radius 3 is 2.95 bits per heavy atom. The van der Waals surface area contributed by atoms with Gasteiger partial charge in [0.2, 0.25) is 0 Å². The summed E-state index contributed by atoms with van der Waals surface area (Å²) in [4.78, 5) is 12.4. The van der Waals surface area contributed by atoms with Crippen molar-refractivity contribution in [2.45, 2.75) is 12.8 Å². The van der Waals surface area contributed by atoms with E-state index in [1.807, 2.05) is 24.3 Å². The number of carbonyl (C=O) groups excluding carboxylic acids is 1. The van der Waals surface area contributed by atoms with Gasteiger partial charge < -0.3 is 15.4 Å². The molecule has 1 amide bonds. The van der Waals surface area contributed by atoms with Crippen molar-refractivity contribution in [3.63, 3.8) is 0 Å². The maximum Gasteiger partial charge on any atom is 0.259 e. The molecule has 0 aliphatic carbocycles. The quantitative estimate of drug-likeness (QED) is 0.908. The Morgan fingerprint density at radius 2 is 2.10 bits per heavy atom. The fourth-order valence-corrected chi connectivity index (χ4v) is 2.57. The third-order valence-corrected chi connectivity index (χ3v) is 3.66. The number of methoxy groups -OCH3 is 1. The SMILES string of the molecule is COc1ccccc1C(=O)Nc1ccc2c(c1)NCCC2. The van der Waals surface area contributed by atoms with Crippen LogP contribution in [0.4, 0.5) is 11.4 Å². The van der Waals surface area contributed by atoms with Gasteiger partial charge in [-0.3, -0.25) is 4.79 Å². The van der Waals surface area contributed by atoms with Gasteiger partial charge in [0.1, 0.15) is 5.75 Å². The lowest BCUT2D eigenvalue weighted by Crippen LogP contribution is -2.15. The molecule has 1 aliphatic rings. The van der Waals surface area contributed by atoms with Crippen LogP contribution in [0, 0.1) is 0 Å². The number of benzene rings is 2. The lowest BCUT2D eigenvalue weighted by molar-refractivity contribution is 0.102. The monoisotopic (exact) mass is 282 g/mol. The highest BCUT2D eigenvalue weighted by Gasteiger charge is 2.13. The molecule has 0 saturated heterocycles. The van der Waals surface area contributed by atoms with E-state index >= 15 is 0 Å². The molecule has 108 valence electrons. The van der Waals surface area contributed by atoms with Crippen LogP contribution < -0.4 is 15.4 Å². The molecular weight excluding hydrogens is 264 g/mol. The highest BCUT2D eigenvalue weighted by atomic mass is 16.5. The van der Waals surface area contributed by atoms with Crippen molar-refractivity contribution in [1.29, 1.82) is 0 Å². The lowest BCUT2D eigenvalue weighted by Gasteiger charge is -2.19. The zero-order valence-electron chi connectivity index (χ0n) is 12.0. The van der Waals surface area contributed by atoms with Gasteiger partial charge in [0.05, 0.1) is 12.7 Å². The van der Waals surface area contributed by atoms with Crippen LogP contribution in [-0.4, -0.2) is 19.6 Å². The first-order chi connectivity index (χ1) is 10.3. The highest BCUT2D eigenvalue weighted by molar-refractivity contribution is 6.06. The van der Waals surface area contributed by atoms with Crippen LogP contribution in [0.2, 0.25) is 0 Å². The average Bonchev–Trinajstić information content (AvgIpc) is 2.54. The summed E-state index contributed by atoms with van der Waals surface area (Å²) in [6.45, 7) is 0.983. The number of hydrogen-bond acceptors (Lipinski definition) is 3. The fourth-order valence-electron chi connectivity index (χ4n) is 2.57. The van der Waals surface area contributed by atoms with Gasteiger partial charge in [-0.15, -0.1) is 0 Å². The second kappa shape index (κ2) is 5.87. The van der Waals surface area contributed by atoms with E-state index in [9.17, 15) is 4.79 Å². The minimum Gasteiger partial charge on any atom is -0.496 e. The molecule has 1 heterocycles. The first-order valence-corrected chi connectivity index (χ1v) is 7.09. The summed E-state index contributed by atoms with van der Waals surface area (Å²) in [5.41, 5.74) is 3.74. The van der Waals surface area contributed by atoms with Crippen molar-refractivity contribution in [2.24, 2.45) is 0 Å². The van der Waals surface area contributed by atoms with E-state index in [1.165, 1.54) is 5.56 Å². The molecular formula is C17H18N2O2. The first-order valence-electron chi connectivity index (χ1n) is 7.09. The third-order valence-electron chi connectivity index (χ3n) is 3.66. The Morgan fingerprint density at radius 1 is 1.24 bits per heavy atom. The van der Waals surface area contributed by atoms with Crippen LogP contribution in [0.3, 0.4) is 0 Å². The molecule has 0 aromatic heterocycles. The number of para-hydroxylation sites is 1. The van der Waals surface area contributed by atoms with E-state index < -0.39 is 0 Å². The number of fused-ring (bicyclic) bond motifs is 1. The van der Waals surface area contributed by atoms with Crippen LogP contribution in [0.5, 0.6) is 5.75 Å². The van der Waals surface area contributed by atoms with E-state index in [1.54, 1.807) is 19.2 Å². The second-order valence-corrected chi connectivity index (χ2v) is 5.06. The second-order valence-electron chi connectivity index (χ2n) is 5.06. The van der Waals surface area contributed by atoms with E-state index in [-0.39, 0.29) is 5.91 Å². The number of anilines is 2. The van der Waals surface area contributed by atoms with Crippen LogP contribution in [-0.2, 0) is 6.42 Å². The Labute approximate surface area is 124 Å². The largest absolute Gasteiger partial charge is 0.496 e. The van der Waals surface area contributed by atoms with Gasteiger partial charge in [-0.25, -0.2) is 0 Å². The maximum absolute atomic E-state index is 12.4. The van der Waals surface area contributed by atoms with Crippen molar-refractivity contribution >= 4 is 17.3 Å². The molecule has 0 fully saturated rings. The Kier molecular flexibility index (Phi) is 3.77. The minimum atomic E-state index is -0.164. The molecule has 3 rings (SSSR count). The summed E-state index contributed by atoms with van der Waals surface area (Å²) in [5.74, 6) is 0.411. The average molecular weight is 282 g/mol. The van der Waals surface area contributed by atoms with Gasteiger partial charge in [-0.2, -0.15) is 0 Å². The zero-order valence-corrected chi connectivity index (χ0v) is 12.0. The highest BCUT2D eigenvalue weighted by Crippen LogP contribution is 2.26. The molecule has 0 bridgehead atoms. The predicted octanol–water partition coefficient (Wildman–Crippen LogP) is 3.31. The van der Waals surface area contributed by atoms with E-state index in [0.717, 1.165) is 30.8 Å². The molecule has 1 aliphatic heterocycles. The van der Waals surface area contributed by atoms with Crippen molar-refractivity contribution in [2.75, 3.05) is 24.3 Å². The van der Waals surface area contributed by atoms with Gasteiger partial charge in [0.25, 0.3) is 5.91 Å². The number of amides is 1. The summed E-state index contributed by atoms with van der Waals surface area (Å²) in [6, 6.07) is 13.2. The molecule has 0 spiro atoms. The summed E-state index contributed by atoms with van der Waals surface area (Å²) in [5, 5.41) is 6.29. The first kappa shape index (κ1) is 13.5. The standard InChI is InChI=1S/C17H18N2O2/c1-21-16-7-3-2-6-14(16)17(20)19-13-9-8-12-5-4-10-18-15(12)11-13/h2-3,6-9,11,18H,4-5,10H2,1H3,(H,19,20). The predicted molar refractivity (Wildman–Crippen MR) is 84.2 cm³/mol. The van der Waals surface area contributed by atoms with Crippen molar-refractivity contribution < 1.29 is 9.53 Å². The topological polar surface area (TPSA) is 50.4 Å². The van der Waals surface area contributed by atoms with Gasteiger partial charge in [-0.05, 0) is 42.7 Å². The summed E-state index contributed by atoms with van der Waals surface area (Å²) >= 11 is 0. The zero-order chi connectivity index (χ0) is 14.7. The molecule has 0 saturated carbocycles. The molecule has 0 unspecified atom stereocenters. The van der Waals surface area contributed by atoms with Crippen LogP contribution in [0.1, 0.15) is 22.3 Å². The minimum absolute atomic E-state index is 0.164. The number of nitrogens with one attached hydrogen (secondary N) is 2. The van der Waals surface area contributed by atoms with Gasteiger partial charge in [-0.1, -0.05) is 18.2 Å². The van der Waals surface area contributed by atoms with E-state index in [4.69, 9.17) is 4.74 Å². The van der Waals surface area contributed by atoms with Crippen LogP contribution in [0.15, 0.2) is 42.5 Å². The van der Waals surface area contributed by atoms with Crippen LogP contribution in [0.25, 0.3) is 0 Å². The summed E-state index contributed by atoms with van der Waals surface area (Å²) < 4.78 is 5.22. The molecule has 0 atom stereocenters. The number of carbonyl (C=O) groups is 1. The Bertz CT molecular complexity index is 668. The van der Waals surface area contributed by atoms with Crippen molar-refractivity contribution in [3.05, 3.63) is 53.6 Å². The van der Waals surface area contributed by atoms with Crippen molar-refractivity contribution in [3.8, 4) is 5.75 Å². The van der Waals surface area contributed by atoms with Crippen LogP contribution >= 0.6 is 0 Å².